The van der Waals surface area contributed by atoms with E-state index in [2.05, 4.69) is 23.1 Å². The molecule has 7 heteroatoms. The molecule has 0 N–H and O–H groups in total. The molecule has 184 valence electrons. The third-order valence-electron chi connectivity index (χ3n) is 6.17. The number of halogens is 2. The average molecular weight is 514 g/mol. The highest BCUT2D eigenvalue weighted by Crippen LogP contribution is 2.38. The van der Waals surface area contributed by atoms with Gasteiger partial charge in [-0.15, -0.1) is 12.4 Å². The molecule has 0 aliphatic carbocycles. The van der Waals surface area contributed by atoms with Crippen LogP contribution in [0, 0.1) is 0 Å². The number of morpholine rings is 1. The lowest BCUT2D eigenvalue weighted by Crippen LogP contribution is -2.38. The number of benzene rings is 3. The van der Waals surface area contributed by atoms with Gasteiger partial charge in [0.15, 0.2) is 0 Å². The predicted octanol–water partition coefficient (Wildman–Crippen LogP) is 6.49. The summed E-state index contributed by atoms with van der Waals surface area (Å²) in [5, 5.41) is 1.79. The van der Waals surface area contributed by atoms with Gasteiger partial charge < -0.3 is 18.6 Å². The van der Waals surface area contributed by atoms with Gasteiger partial charge in [0, 0.05) is 48.1 Å². The zero-order valence-electron chi connectivity index (χ0n) is 19.7. The second kappa shape index (κ2) is 11.8. The Morgan fingerprint density at radius 2 is 1.63 bits per heavy atom. The van der Waals surface area contributed by atoms with Crippen LogP contribution in [0.1, 0.15) is 11.3 Å². The smallest absolute Gasteiger partial charge is 0.138 e. The number of rotatable bonds is 8. The summed E-state index contributed by atoms with van der Waals surface area (Å²) in [7, 11) is 1.66. The van der Waals surface area contributed by atoms with Gasteiger partial charge in [-0.25, -0.2) is 0 Å². The lowest BCUT2D eigenvalue weighted by atomic mass is 9.98. The lowest BCUT2D eigenvalue weighted by molar-refractivity contribution is 0.0322. The number of furan rings is 1. The molecule has 2 heterocycles. The van der Waals surface area contributed by atoms with Gasteiger partial charge in [-0.3, -0.25) is 4.90 Å². The van der Waals surface area contributed by atoms with E-state index < -0.39 is 0 Å². The molecular weight excluding hydrogens is 485 g/mol. The molecule has 1 fully saturated rings. The molecule has 1 aliphatic heterocycles. The normalized spacial score (nSPS) is 14.0. The van der Waals surface area contributed by atoms with Gasteiger partial charge in [-0.05, 0) is 47.5 Å². The van der Waals surface area contributed by atoms with Gasteiger partial charge in [0.2, 0.25) is 0 Å². The summed E-state index contributed by atoms with van der Waals surface area (Å²) < 4.78 is 23.1. The third kappa shape index (κ3) is 6.11. The second-order valence-corrected chi connectivity index (χ2v) is 8.83. The highest BCUT2D eigenvalue weighted by molar-refractivity contribution is 6.30. The summed E-state index contributed by atoms with van der Waals surface area (Å²) in [6.07, 6.45) is 0.668. The zero-order chi connectivity index (χ0) is 23.3. The Labute approximate surface area is 216 Å². The second-order valence-electron chi connectivity index (χ2n) is 8.39. The van der Waals surface area contributed by atoms with E-state index in [1.54, 1.807) is 7.11 Å². The summed E-state index contributed by atoms with van der Waals surface area (Å²) in [6.45, 7) is 5.11. The molecule has 0 bridgehead atoms. The van der Waals surface area contributed by atoms with Crippen LogP contribution in [0.15, 0.2) is 71.1 Å². The van der Waals surface area contributed by atoms with Crippen LogP contribution < -0.4 is 9.47 Å². The van der Waals surface area contributed by atoms with E-state index in [0.29, 0.717) is 13.0 Å². The molecule has 0 amide bonds. The molecule has 1 aromatic heterocycles. The van der Waals surface area contributed by atoms with Gasteiger partial charge in [-0.1, -0.05) is 35.9 Å². The third-order valence-corrected chi connectivity index (χ3v) is 6.42. The van der Waals surface area contributed by atoms with E-state index in [1.807, 2.05) is 48.5 Å². The van der Waals surface area contributed by atoms with E-state index in [1.165, 1.54) is 0 Å². The van der Waals surface area contributed by atoms with Crippen LogP contribution in [0.4, 0.5) is 0 Å². The van der Waals surface area contributed by atoms with Crippen LogP contribution in [0.2, 0.25) is 5.02 Å². The first-order chi connectivity index (χ1) is 16.7. The first kappa shape index (κ1) is 25.4. The number of ether oxygens (including phenoxy) is 3. The molecule has 1 saturated heterocycles. The van der Waals surface area contributed by atoms with Crippen molar-refractivity contribution < 1.29 is 18.6 Å². The van der Waals surface area contributed by atoms with Crippen LogP contribution in [0.5, 0.6) is 11.5 Å². The zero-order valence-corrected chi connectivity index (χ0v) is 21.2. The molecule has 5 rings (SSSR count). The molecule has 0 spiro atoms. The van der Waals surface area contributed by atoms with Crippen LogP contribution >= 0.6 is 24.0 Å². The maximum absolute atomic E-state index is 6.33. The highest BCUT2D eigenvalue weighted by atomic mass is 35.5. The predicted molar refractivity (Wildman–Crippen MR) is 142 cm³/mol. The molecule has 0 radical (unpaired) electrons. The van der Waals surface area contributed by atoms with Crippen molar-refractivity contribution in [1.82, 2.24) is 4.90 Å². The molecule has 3 aromatic carbocycles. The Morgan fingerprint density at radius 3 is 2.34 bits per heavy atom. The number of hydrogen-bond acceptors (Lipinski definition) is 5. The standard InChI is InChI=1S/C28H28ClNO4.ClH/c1-31-24-10-11-25-26(19-24)34-27(18-20-2-6-22(29)7-3-20)28(25)21-4-8-23(9-5-21)33-17-14-30-12-15-32-16-13-30;/h2-11,19H,12-18H2,1H3;1H. The minimum atomic E-state index is 0. The summed E-state index contributed by atoms with van der Waals surface area (Å²) >= 11 is 6.08. The molecule has 0 unspecified atom stereocenters. The first-order valence-electron chi connectivity index (χ1n) is 11.6. The maximum atomic E-state index is 6.33. The van der Waals surface area contributed by atoms with Gasteiger partial charge in [0.25, 0.3) is 0 Å². The van der Waals surface area contributed by atoms with Crippen LogP contribution in [-0.2, 0) is 11.2 Å². The minimum Gasteiger partial charge on any atom is -0.497 e. The Balaban J connectivity index is 0.00000289. The number of methoxy groups -OCH3 is 1. The fraction of sp³-hybridized carbons (Fsp3) is 0.286. The quantitative estimate of drug-likeness (QED) is 0.269. The summed E-state index contributed by atoms with van der Waals surface area (Å²) in [6, 6.07) is 22.1. The Hall–Kier alpha value is -2.70. The van der Waals surface area contributed by atoms with Gasteiger partial charge in [0.05, 0.1) is 20.3 Å². The van der Waals surface area contributed by atoms with Crippen LogP contribution in [-0.4, -0.2) is 51.5 Å². The van der Waals surface area contributed by atoms with Crippen molar-refractivity contribution in [2.24, 2.45) is 0 Å². The van der Waals surface area contributed by atoms with E-state index in [9.17, 15) is 0 Å². The van der Waals surface area contributed by atoms with Crippen LogP contribution in [0.25, 0.3) is 22.1 Å². The fourth-order valence-corrected chi connectivity index (χ4v) is 4.44. The summed E-state index contributed by atoms with van der Waals surface area (Å²) in [4.78, 5) is 2.37. The van der Waals surface area contributed by atoms with Crippen molar-refractivity contribution in [3.63, 3.8) is 0 Å². The van der Waals surface area contributed by atoms with Gasteiger partial charge in [-0.2, -0.15) is 0 Å². The largest absolute Gasteiger partial charge is 0.497 e. The molecule has 0 saturated carbocycles. The van der Waals surface area contributed by atoms with E-state index in [-0.39, 0.29) is 12.4 Å². The number of fused-ring (bicyclic) bond motifs is 1. The van der Waals surface area contributed by atoms with E-state index in [4.69, 9.17) is 30.2 Å². The first-order valence-corrected chi connectivity index (χ1v) is 11.9. The Bertz CT molecular complexity index is 1230. The summed E-state index contributed by atoms with van der Waals surface area (Å²) in [5.74, 6) is 2.55. The monoisotopic (exact) mass is 513 g/mol. The molecule has 4 aromatic rings. The summed E-state index contributed by atoms with van der Waals surface area (Å²) in [5.41, 5.74) is 4.13. The Morgan fingerprint density at radius 1 is 0.914 bits per heavy atom. The molecule has 35 heavy (non-hydrogen) atoms. The van der Waals surface area contributed by atoms with E-state index >= 15 is 0 Å². The SMILES string of the molecule is COc1ccc2c(-c3ccc(OCCN4CCOCC4)cc3)c(Cc3ccc(Cl)cc3)oc2c1.Cl. The average Bonchev–Trinajstić information content (AvgIpc) is 3.23. The molecule has 5 nitrogen and oxygen atoms in total. The maximum Gasteiger partial charge on any atom is 0.138 e. The number of hydrogen-bond donors (Lipinski definition) is 0. The highest BCUT2D eigenvalue weighted by Gasteiger charge is 2.18. The topological polar surface area (TPSA) is 44.1 Å². The van der Waals surface area contributed by atoms with Crippen molar-refractivity contribution in [3.05, 3.63) is 83.1 Å². The van der Waals surface area contributed by atoms with Gasteiger partial charge in [0.1, 0.15) is 29.4 Å². The van der Waals surface area contributed by atoms with Crippen molar-refractivity contribution in [2.45, 2.75) is 6.42 Å². The van der Waals surface area contributed by atoms with Crippen molar-refractivity contribution >= 4 is 35.0 Å². The van der Waals surface area contributed by atoms with Crippen molar-refractivity contribution in [3.8, 4) is 22.6 Å². The molecule has 1 aliphatic rings. The lowest BCUT2D eigenvalue weighted by Gasteiger charge is -2.26. The molecule has 0 atom stereocenters. The van der Waals surface area contributed by atoms with Crippen molar-refractivity contribution in [2.75, 3.05) is 46.6 Å². The Kier molecular flexibility index (Phi) is 8.58. The number of nitrogens with zero attached hydrogens (tertiary/aromatic N) is 1. The van der Waals surface area contributed by atoms with Gasteiger partial charge >= 0.3 is 0 Å². The van der Waals surface area contributed by atoms with Crippen molar-refractivity contribution in [1.29, 1.82) is 0 Å². The van der Waals surface area contributed by atoms with E-state index in [0.717, 1.165) is 82.8 Å². The minimum absolute atomic E-state index is 0. The molecular formula is C28H29Cl2NO4. The fourth-order valence-electron chi connectivity index (χ4n) is 4.32. The van der Waals surface area contributed by atoms with Crippen LogP contribution in [0.3, 0.4) is 0 Å².